The fraction of sp³-hybridized carbons (Fsp3) is 0.556. The van der Waals surface area contributed by atoms with Crippen molar-refractivity contribution in [1.29, 1.82) is 0 Å². The first-order chi connectivity index (χ1) is 11.1. The summed E-state index contributed by atoms with van der Waals surface area (Å²) in [5.41, 5.74) is 6.74. The molecule has 0 saturated carbocycles. The molecule has 1 aromatic rings. The molecule has 2 aliphatic rings. The first kappa shape index (κ1) is 16.0. The summed E-state index contributed by atoms with van der Waals surface area (Å²) in [5.74, 6) is 0.0831. The Kier molecular flexibility index (Phi) is 4.39. The van der Waals surface area contributed by atoms with Gasteiger partial charge in [0, 0.05) is 25.7 Å². The van der Waals surface area contributed by atoms with Gasteiger partial charge in [0.15, 0.2) is 0 Å². The van der Waals surface area contributed by atoms with Gasteiger partial charge in [-0.1, -0.05) is 12.1 Å². The number of hydrogen-bond donors (Lipinski definition) is 1. The molecule has 2 fully saturated rings. The second-order valence-electron chi connectivity index (χ2n) is 6.66. The summed E-state index contributed by atoms with van der Waals surface area (Å²) in [6, 6.07) is 7.63. The summed E-state index contributed by atoms with van der Waals surface area (Å²) in [4.78, 5) is 29.3. The highest BCUT2D eigenvalue weighted by atomic mass is 16.2. The quantitative estimate of drug-likeness (QED) is 0.917. The van der Waals surface area contributed by atoms with Crippen LogP contribution < -0.4 is 5.73 Å². The number of hydrogen-bond acceptors (Lipinski definition) is 3. The van der Waals surface area contributed by atoms with Crippen molar-refractivity contribution in [1.82, 2.24) is 9.80 Å². The van der Waals surface area contributed by atoms with Crippen molar-refractivity contribution >= 4 is 11.8 Å². The normalized spacial score (nSPS) is 24.5. The molecule has 3 rings (SSSR count). The van der Waals surface area contributed by atoms with Gasteiger partial charge in [-0.2, -0.15) is 0 Å². The average Bonchev–Trinajstić information content (AvgIpc) is 2.97. The van der Waals surface area contributed by atoms with Crippen molar-refractivity contribution in [2.24, 2.45) is 5.73 Å². The molecular formula is C18H25N3O2. The average molecular weight is 315 g/mol. The van der Waals surface area contributed by atoms with Gasteiger partial charge in [-0.3, -0.25) is 9.59 Å². The molecule has 2 amide bonds. The first-order valence-corrected chi connectivity index (χ1v) is 8.45. The number of likely N-dealkylation sites (tertiary alicyclic amines) is 2. The predicted molar refractivity (Wildman–Crippen MR) is 89.1 cm³/mol. The number of carbonyl (C=O) groups is 2. The fourth-order valence-corrected chi connectivity index (χ4v) is 3.97. The van der Waals surface area contributed by atoms with Crippen LogP contribution in [0.25, 0.3) is 0 Å². The van der Waals surface area contributed by atoms with E-state index >= 15 is 0 Å². The molecule has 1 spiro atoms. The lowest BCUT2D eigenvalue weighted by Crippen LogP contribution is -2.60. The van der Waals surface area contributed by atoms with Gasteiger partial charge in [0.2, 0.25) is 5.91 Å². The van der Waals surface area contributed by atoms with Gasteiger partial charge in [0.05, 0.1) is 0 Å². The smallest absolute Gasteiger partial charge is 0.254 e. The molecule has 5 nitrogen and oxygen atoms in total. The Bertz CT molecular complexity index is 599. The summed E-state index contributed by atoms with van der Waals surface area (Å²) in [5, 5.41) is 0. The van der Waals surface area contributed by atoms with Crippen molar-refractivity contribution in [2.75, 3.05) is 26.7 Å². The third-order valence-corrected chi connectivity index (χ3v) is 5.20. The molecule has 2 saturated heterocycles. The van der Waals surface area contributed by atoms with E-state index in [1.54, 1.807) is 4.90 Å². The number of nitrogens with zero attached hydrogens (tertiary/aromatic N) is 2. The molecular weight excluding hydrogens is 290 g/mol. The molecule has 1 unspecified atom stereocenters. The van der Waals surface area contributed by atoms with Crippen LogP contribution in [-0.4, -0.2) is 53.8 Å². The molecule has 0 radical (unpaired) electrons. The van der Waals surface area contributed by atoms with Crippen LogP contribution in [0.4, 0.5) is 0 Å². The van der Waals surface area contributed by atoms with Gasteiger partial charge in [-0.05, 0) is 56.3 Å². The third kappa shape index (κ3) is 2.74. The second kappa shape index (κ2) is 6.32. The fourth-order valence-electron chi connectivity index (χ4n) is 3.97. The third-order valence-electron chi connectivity index (χ3n) is 5.20. The Labute approximate surface area is 137 Å². The van der Waals surface area contributed by atoms with E-state index in [0.717, 1.165) is 44.2 Å². The highest BCUT2D eigenvalue weighted by molar-refractivity contribution is 6.00. The number of carbonyl (C=O) groups excluding carboxylic acids is 2. The van der Waals surface area contributed by atoms with E-state index in [9.17, 15) is 9.59 Å². The highest BCUT2D eigenvalue weighted by Crippen LogP contribution is 2.38. The lowest BCUT2D eigenvalue weighted by atomic mass is 9.85. The SMILES string of the molecule is CN1CCCC2(CCCN2C(=O)c2ccc(CCN)cc2)C1=O. The number of rotatable bonds is 3. The minimum atomic E-state index is -0.611. The largest absolute Gasteiger partial charge is 0.344 e. The van der Waals surface area contributed by atoms with Crippen LogP contribution in [0, 0.1) is 0 Å². The van der Waals surface area contributed by atoms with Crippen molar-refractivity contribution in [2.45, 2.75) is 37.6 Å². The highest BCUT2D eigenvalue weighted by Gasteiger charge is 2.52. The summed E-state index contributed by atoms with van der Waals surface area (Å²) in [6.45, 7) is 2.06. The van der Waals surface area contributed by atoms with Gasteiger partial charge in [0.1, 0.15) is 5.54 Å². The molecule has 2 heterocycles. The molecule has 0 aliphatic carbocycles. The summed E-state index contributed by atoms with van der Waals surface area (Å²) in [6.07, 6.45) is 4.24. The zero-order valence-electron chi connectivity index (χ0n) is 13.8. The minimum absolute atomic E-state index is 0.0227. The van der Waals surface area contributed by atoms with Gasteiger partial charge >= 0.3 is 0 Å². The van der Waals surface area contributed by atoms with Crippen molar-refractivity contribution in [3.05, 3.63) is 35.4 Å². The van der Waals surface area contributed by atoms with Crippen molar-refractivity contribution in [3.8, 4) is 0 Å². The minimum Gasteiger partial charge on any atom is -0.344 e. The summed E-state index contributed by atoms with van der Waals surface area (Å²) in [7, 11) is 1.84. The van der Waals surface area contributed by atoms with E-state index < -0.39 is 5.54 Å². The molecule has 2 N–H and O–H groups in total. The van der Waals surface area contributed by atoms with E-state index in [1.807, 2.05) is 36.2 Å². The summed E-state index contributed by atoms with van der Waals surface area (Å²) < 4.78 is 0. The van der Waals surface area contributed by atoms with Crippen molar-refractivity contribution < 1.29 is 9.59 Å². The van der Waals surface area contributed by atoms with Crippen LogP contribution in [-0.2, 0) is 11.2 Å². The zero-order chi connectivity index (χ0) is 16.4. The van der Waals surface area contributed by atoms with E-state index in [1.165, 1.54) is 0 Å². The number of benzene rings is 1. The van der Waals surface area contributed by atoms with Crippen LogP contribution in [0.5, 0.6) is 0 Å². The van der Waals surface area contributed by atoms with Crippen LogP contribution in [0.3, 0.4) is 0 Å². The van der Waals surface area contributed by atoms with Gasteiger partial charge in [-0.15, -0.1) is 0 Å². The molecule has 0 aromatic heterocycles. The number of piperidine rings is 1. The molecule has 1 aromatic carbocycles. The lowest BCUT2D eigenvalue weighted by Gasteiger charge is -2.43. The van der Waals surface area contributed by atoms with E-state index in [0.29, 0.717) is 18.7 Å². The lowest BCUT2D eigenvalue weighted by molar-refractivity contribution is -0.144. The monoisotopic (exact) mass is 315 g/mol. The molecule has 124 valence electrons. The first-order valence-electron chi connectivity index (χ1n) is 8.45. The Morgan fingerprint density at radius 2 is 1.83 bits per heavy atom. The summed E-state index contributed by atoms with van der Waals surface area (Å²) >= 11 is 0. The molecule has 23 heavy (non-hydrogen) atoms. The van der Waals surface area contributed by atoms with E-state index in [4.69, 9.17) is 5.73 Å². The number of amides is 2. The molecule has 1 atom stereocenters. The Morgan fingerprint density at radius 1 is 1.17 bits per heavy atom. The van der Waals surface area contributed by atoms with Crippen LogP contribution in [0.2, 0.25) is 0 Å². The molecule has 0 bridgehead atoms. The zero-order valence-corrected chi connectivity index (χ0v) is 13.8. The standard InChI is InChI=1S/C18H25N3O2/c1-20-12-2-9-18(17(20)23)10-3-13-21(18)16(22)15-6-4-14(5-7-15)8-11-19/h4-7H,2-3,8-13,19H2,1H3. The van der Waals surface area contributed by atoms with E-state index in [-0.39, 0.29) is 11.8 Å². The van der Waals surface area contributed by atoms with Gasteiger partial charge < -0.3 is 15.5 Å². The van der Waals surface area contributed by atoms with Gasteiger partial charge in [-0.25, -0.2) is 0 Å². The number of nitrogens with two attached hydrogens (primary N) is 1. The van der Waals surface area contributed by atoms with Crippen LogP contribution in [0.15, 0.2) is 24.3 Å². The molecule has 5 heteroatoms. The second-order valence-corrected chi connectivity index (χ2v) is 6.66. The maximum Gasteiger partial charge on any atom is 0.254 e. The maximum absolute atomic E-state index is 13.0. The Balaban J connectivity index is 1.84. The maximum atomic E-state index is 13.0. The molecule has 2 aliphatic heterocycles. The van der Waals surface area contributed by atoms with Gasteiger partial charge in [0.25, 0.3) is 5.91 Å². The van der Waals surface area contributed by atoms with Crippen LogP contribution in [0.1, 0.15) is 41.6 Å². The number of likely N-dealkylation sites (N-methyl/N-ethyl adjacent to an activating group) is 1. The van der Waals surface area contributed by atoms with E-state index in [2.05, 4.69) is 0 Å². The Hall–Kier alpha value is -1.88. The topological polar surface area (TPSA) is 66.6 Å². The predicted octanol–water partition coefficient (Wildman–Crippen LogP) is 1.41. The van der Waals surface area contributed by atoms with Crippen LogP contribution >= 0.6 is 0 Å². The Morgan fingerprint density at radius 3 is 2.48 bits per heavy atom. The van der Waals surface area contributed by atoms with Crippen molar-refractivity contribution in [3.63, 3.8) is 0 Å².